The molecule has 0 radical (unpaired) electrons. The molecule has 31 heavy (non-hydrogen) atoms. The second-order valence-corrected chi connectivity index (χ2v) is 9.25. The number of aromatic nitrogens is 3. The molecular weight excluding hydrogens is 412 g/mol. The second-order valence-electron chi connectivity index (χ2n) is 8.29. The van der Waals surface area contributed by atoms with Crippen molar-refractivity contribution in [2.24, 2.45) is 7.05 Å². The fraction of sp³-hybridized carbons (Fsp3) is 0.478. The van der Waals surface area contributed by atoms with Crippen LogP contribution in [0.1, 0.15) is 49.6 Å². The molecule has 0 bridgehead atoms. The standard InChI is InChI=1S/C23H26N4O3S/c1-26-20(18-10-6-14-30-18)25-21-19(22(26)29)24-23(31-21)27-13-5-9-16(27)17(28)12-11-15-7-3-2-4-8-15/h2-4,7-8,16,18H,5-6,9-14H2,1H3/t16-,18?/m1/s1. The molecule has 0 spiro atoms. The summed E-state index contributed by atoms with van der Waals surface area (Å²) < 4.78 is 7.31. The lowest BCUT2D eigenvalue weighted by Gasteiger charge is -2.22. The Morgan fingerprint density at radius 3 is 2.81 bits per heavy atom. The van der Waals surface area contributed by atoms with Gasteiger partial charge in [-0.2, -0.15) is 0 Å². The molecule has 4 heterocycles. The maximum Gasteiger partial charge on any atom is 0.280 e. The summed E-state index contributed by atoms with van der Waals surface area (Å²) in [5.41, 5.74) is 1.41. The van der Waals surface area contributed by atoms with E-state index in [0.29, 0.717) is 29.2 Å². The molecule has 2 aliphatic rings. The number of nitrogens with zero attached hydrogens (tertiary/aromatic N) is 4. The third-order valence-electron chi connectivity index (χ3n) is 6.26. The summed E-state index contributed by atoms with van der Waals surface area (Å²) in [5.74, 6) is 0.906. The zero-order valence-electron chi connectivity index (χ0n) is 17.6. The lowest BCUT2D eigenvalue weighted by Crippen LogP contribution is -2.36. The van der Waals surface area contributed by atoms with Crippen molar-refractivity contribution in [3.05, 3.63) is 52.1 Å². The van der Waals surface area contributed by atoms with Crippen LogP contribution in [-0.4, -0.2) is 39.5 Å². The van der Waals surface area contributed by atoms with E-state index in [1.807, 2.05) is 18.2 Å². The third kappa shape index (κ3) is 3.90. The summed E-state index contributed by atoms with van der Waals surface area (Å²) in [5, 5.41) is 0.722. The number of carbonyl (C=O) groups excluding carboxylic acids is 1. The molecule has 1 aromatic carbocycles. The first-order valence-corrected chi connectivity index (χ1v) is 11.8. The van der Waals surface area contributed by atoms with Gasteiger partial charge in [-0.05, 0) is 37.7 Å². The number of rotatable bonds is 6. The van der Waals surface area contributed by atoms with Crippen LogP contribution in [0.3, 0.4) is 0 Å². The normalized spacial score (nSPS) is 21.3. The number of fused-ring (bicyclic) bond motifs is 1. The summed E-state index contributed by atoms with van der Waals surface area (Å²) in [4.78, 5) is 38.0. The number of benzene rings is 1. The number of Topliss-reactive ketones (excluding diaryl/α,β-unsaturated/α-hetero) is 1. The van der Waals surface area contributed by atoms with Gasteiger partial charge in [-0.1, -0.05) is 41.7 Å². The number of ether oxygens (including phenoxy) is 1. The van der Waals surface area contributed by atoms with Crippen molar-refractivity contribution in [1.82, 2.24) is 14.5 Å². The van der Waals surface area contributed by atoms with E-state index >= 15 is 0 Å². The predicted octanol–water partition coefficient (Wildman–Crippen LogP) is 3.41. The van der Waals surface area contributed by atoms with E-state index < -0.39 is 0 Å². The van der Waals surface area contributed by atoms with Crippen LogP contribution < -0.4 is 10.5 Å². The van der Waals surface area contributed by atoms with Crippen molar-refractivity contribution in [2.75, 3.05) is 18.1 Å². The maximum absolute atomic E-state index is 13.0. The van der Waals surface area contributed by atoms with Gasteiger partial charge in [0.25, 0.3) is 5.56 Å². The lowest BCUT2D eigenvalue weighted by atomic mass is 10.0. The Kier molecular flexibility index (Phi) is 5.58. The zero-order chi connectivity index (χ0) is 21.4. The molecule has 5 rings (SSSR count). The molecule has 1 unspecified atom stereocenters. The Bertz CT molecular complexity index is 1150. The number of hydrogen-bond donors (Lipinski definition) is 0. The van der Waals surface area contributed by atoms with Crippen molar-refractivity contribution < 1.29 is 9.53 Å². The molecule has 0 aliphatic carbocycles. The van der Waals surface area contributed by atoms with E-state index in [1.165, 1.54) is 16.9 Å². The van der Waals surface area contributed by atoms with E-state index in [2.05, 4.69) is 22.0 Å². The minimum Gasteiger partial charge on any atom is -0.370 e. The Labute approximate surface area is 184 Å². The van der Waals surface area contributed by atoms with Crippen LogP contribution in [0.25, 0.3) is 10.3 Å². The van der Waals surface area contributed by atoms with Crippen molar-refractivity contribution in [3.8, 4) is 0 Å². The Hall–Kier alpha value is -2.58. The predicted molar refractivity (Wildman–Crippen MR) is 121 cm³/mol. The average molecular weight is 439 g/mol. The van der Waals surface area contributed by atoms with E-state index in [0.717, 1.165) is 43.8 Å². The second kappa shape index (κ2) is 8.51. The van der Waals surface area contributed by atoms with Crippen LogP contribution in [0, 0.1) is 0 Å². The van der Waals surface area contributed by atoms with Gasteiger partial charge in [-0.3, -0.25) is 14.2 Å². The monoisotopic (exact) mass is 438 g/mol. The third-order valence-corrected chi connectivity index (χ3v) is 7.24. The first-order valence-electron chi connectivity index (χ1n) is 10.9. The molecular formula is C23H26N4O3S. The van der Waals surface area contributed by atoms with Gasteiger partial charge in [0.1, 0.15) is 11.9 Å². The lowest BCUT2D eigenvalue weighted by molar-refractivity contribution is -0.120. The van der Waals surface area contributed by atoms with Crippen molar-refractivity contribution in [1.29, 1.82) is 0 Å². The highest BCUT2D eigenvalue weighted by molar-refractivity contribution is 7.21. The van der Waals surface area contributed by atoms with Gasteiger partial charge >= 0.3 is 0 Å². The quantitative estimate of drug-likeness (QED) is 0.587. The van der Waals surface area contributed by atoms with Crippen molar-refractivity contribution in [3.63, 3.8) is 0 Å². The van der Waals surface area contributed by atoms with E-state index in [1.54, 1.807) is 11.6 Å². The number of thiazole rings is 1. The van der Waals surface area contributed by atoms with Gasteiger partial charge in [-0.25, -0.2) is 9.97 Å². The highest BCUT2D eigenvalue weighted by Crippen LogP contribution is 2.34. The largest absolute Gasteiger partial charge is 0.370 e. The topological polar surface area (TPSA) is 77.3 Å². The molecule has 2 atom stereocenters. The molecule has 0 amide bonds. The summed E-state index contributed by atoms with van der Waals surface area (Å²) in [6, 6.07) is 9.92. The fourth-order valence-electron chi connectivity index (χ4n) is 4.56. The summed E-state index contributed by atoms with van der Waals surface area (Å²) >= 11 is 1.41. The molecule has 162 valence electrons. The minimum atomic E-state index is -0.175. The van der Waals surface area contributed by atoms with E-state index in [9.17, 15) is 9.59 Å². The Morgan fingerprint density at radius 2 is 2.03 bits per heavy atom. The van der Waals surface area contributed by atoms with Crippen LogP contribution in [0.5, 0.6) is 0 Å². The first kappa shape index (κ1) is 20.3. The number of aryl methyl sites for hydroxylation is 1. The SMILES string of the molecule is Cn1c(C2CCCO2)nc2sc(N3CCC[C@@H]3C(=O)CCc3ccccc3)nc2c1=O. The molecule has 0 N–H and O–H groups in total. The van der Waals surface area contributed by atoms with Gasteiger partial charge in [-0.15, -0.1) is 0 Å². The van der Waals surface area contributed by atoms with Crippen molar-refractivity contribution in [2.45, 2.75) is 50.7 Å². The summed E-state index contributed by atoms with van der Waals surface area (Å²) in [7, 11) is 1.73. The van der Waals surface area contributed by atoms with Crippen LogP contribution in [0.2, 0.25) is 0 Å². The van der Waals surface area contributed by atoms with E-state index in [4.69, 9.17) is 9.72 Å². The van der Waals surface area contributed by atoms with Gasteiger partial charge < -0.3 is 9.64 Å². The number of anilines is 1. The number of ketones is 1. The molecule has 2 saturated heterocycles. The summed E-state index contributed by atoms with van der Waals surface area (Å²) in [6.45, 7) is 1.48. The van der Waals surface area contributed by atoms with Crippen LogP contribution in [-0.2, 0) is 23.0 Å². The Morgan fingerprint density at radius 1 is 1.19 bits per heavy atom. The molecule has 0 saturated carbocycles. The maximum atomic E-state index is 13.0. The molecule has 8 heteroatoms. The summed E-state index contributed by atoms with van der Waals surface area (Å²) in [6.07, 6.45) is 4.76. The Balaban J connectivity index is 1.39. The first-order chi connectivity index (χ1) is 15.1. The van der Waals surface area contributed by atoms with Crippen LogP contribution in [0.15, 0.2) is 35.1 Å². The van der Waals surface area contributed by atoms with Gasteiger partial charge in [0.15, 0.2) is 21.3 Å². The van der Waals surface area contributed by atoms with Crippen LogP contribution in [0.4, 0.5) is 5.13 Å². The van der Waals surface area contributed by atoms with Gasteiger partial charge in [0.2, 0.25) is 0 Å². The minimum absolute atomic E-state index is 0.133. The van der Waals surface area contributed by atoms with Crippen molar-refractivity contribution >= 4 is 32.6 Å². The molecule has 2 fully saturated rings. The van der Waals surface area contributed by atoms with Gasteiger partial charge in [0, 0.05) is 26.6 Å². The molecule has 2 aromatic heterocycles. The molecule has 2 aliphatic heterocycles. The fourth-order valence-corrected chi connectivity index (χ4v) is 5.57. The molecule has 3 aromatic rings. The van der Waals surface area contributed by atoms with Gasteiger partial charge in [0.05, 0.1) is 6.04 Å². The smallest absolute Gasteiger partial charge is 0.280 e. The van der Waals surface area contributed by atoms with E-state index in [-0.39, 0.29) is 23.5 Å². The van der Waals surface area contributed by atoms with Crippen LogP contribution >= 0.6 is 11.3 Å². The molecule has 7 nitrogen and oxygen atoms in total. The highest BCUT2D eigenvalue weighted by Gasteiger charge is 2.33. The zero-order valence-corrected chi connectivity index (χ0v) is 18.4. The number of hydrogen-bond acceptors (Lipinski definition) is 7. The number of carbonyl (C=O) groups is 1. The highest BCUT2D eigenvalue weighted by atomic mass is 32.1. The average Bonchev–Trinajstić information content (AvgIpc) is 3.55.